The van der Waals surface area contributed by atoms with Crippen molar-refractivity contribution in [3.8, 4) is 17.0 Å². The maximum Gasteiger partial charge on any atom is 0.416 e. The number of amides is 2. The van der Waals surface area contributed by atoms with E-state index in [2.05, 4.69) is 31.2 Å². The zero-order valence-electron chi connectivity index (χ0n) is 23.2. The average Bonchev–Trinajstić information content (AvgIpc) is 3.48. The molecule has 5 aromatic rings. The van der Waals surface area contributed by atoms with E-state index in [1.54, 1.807) is 50.0 Å². The zero-order valence-corrected chi connectivity index (χ0v) is 23.2. The van der Waals surface area contributed by atoms with Crippen LogP contribution in [0.3, 0.4) is 0 Å². The Morgan fingerprint density at radius 3 is 2.65 bits per heavy atom. The fourth-order valence-electron chi connectivity index (χ4n) is 4.28. The molecule has 2 amide bonds. The molecule has 0 saturated heterocycles. The molecule has 4 N–H and O–H groups in total. The standard InChI is InChI=1S/C30H29F3N8O2/c1-34-10-3-15-43-26-7-6-22(30(31,32)33)17-24(26)40-29(42)38-23-5-2-4-21(16-23)25-19-41-14-13-36-28(41)27(39-25)37-18-20-8-11-35-12-9-20/h2,4-9,11-14,16-17,19,34H,3,10,15,18H2,1H3,(H,37,39)(H2,38,40,42). The Kier molecular flexibility index (Phi) is 9.01. The number of hydrogen-bond donors (Lipinski definition) is 4. The monoisotopic (exact) mass is 590 g/mol. The molecule has 0 atom stereocenters. The lowest BCUT2D eigenvalue weighted by Gasteiger charge is -2.16. The quantitative estimate of drug-likeness (QED) is 0.138. The number of anilines is 3. The maximum atomic E-state index is 13.4. The van der Waals surface area contributed by atoms with E-state index in [0.717, 1.165) is 17.7 Å². The molecule has 43 heavy (non-hydrogen) atoms. The summed E-state index contributed by atoms with van der Waals surface area (Å²) < 4.78 is 47.6. The Morgan fingerprint density at radius 1 is 1.02 bits per heavy atom. The van der Waals surface area contributed by atoms with Gasteiger partial charge in [0.1, 0.15) is 5.75 Å². The van der Waals surface area contributed by atoms with Crippen molar-refractivity contribution < 1.29 is 22.7 Å². The Balaban J connectivity index is 1.34. The van der Waals surface area contributed by atoms with Crippen molar-refractivity contribution >= 4 is 28.9 Å². The van der Waals surface area contributed by atoms with Gasteiger partial charge >= 0.3 is 12.2 Å². The van der Waals surface area contributed by atoms with E-state index in [1.165, 1.54) is 6.07 Å². The number of pyridine rings is 1. The minimum Gasteiger partial charge on any atom is -0.491 e. The van der Waals surface area contributed by atoms with Gasteiger partial charge in [0.15, 0.2) is 11.5 Å². The molecule has 0 saturated carbocycles. The summed E-state index contributed by atoms with van der Waals surface area (Å²) in [6.45, 7) is 1.45. The van der Waals surface area contributed by atoms with Crippen LogP contribution in [0.5, 0.6) is 5.75 Å². The zero-order chi connectivity index (χ0) is 30.2. The summed E-state index contributed by atoms with van der Waals surface area (Å²) in [6.07, 6.45) is 4.78. The molecule has 0 aliphatic heterocycles. The molecule has 3 heterocycles. The van der Waals surface area contributed by atoms with Gasteiger partial charge in [0.05, 0.1) is 23.6 Å². The number of alkyl halides is 3. The molecule has 0 spiro atoms. The molecule has 0 radical (unpaired) electrons. The third-order valence-corrected chi connectivity index (χ3v) is 6.38. The summed E-state index contributed by atoms with van der Waals surface area (Å²) in [7, 11) is 1.79. The number of hydrogen-bond acceptors (Lipinski definition) is 7. The number of aromatic nitrogens is 4. The third-order valence-electron chi connectivity index (χ3n) is 6.38. The number of carbonyl (C=O) groups excluding carboxylic acids is 1. The Hall–Kier alpha value is -5.17. The number of benzene rings is 2. The molecule has 13 heteroatoms. The van der Waals surface area contributed by atoms with E-state index < -0.39 is 17.8 Å². The molecule has 0 fully saturated rings. The number of nitrogens with zero attached hydrogens (tertiary/aromatic N) is 4. The van der Waals surface area contributed by atoms with Gasteiger partial charge in [-0.3, -0.25) is 4.98 Å². The van der Waals surface area contributed by atoms with Crippen LogP contribution in [0.15, 0.2) is 85.6 Å². The molecule has 2 aromatic carbocycles. The molecular weight excluding hydrogens is 561 g/mol. The van der Waals surface area contributed by atoms with Gasteiger partial charge in [0.2, 0.25) is 0 Å². The summed E-state index contributed by atoms with van der Waals surface area (Å²) in [5.74, 6) is 0.708. The van der Waals surface area contributed by atoms with E-state index in [9.17, 15) is 18.0 Å². The second-order valence-electron chi connectivity index (χ2n) is 9.52. The highest BCUT2D eigenvalue weighted by atomic mass is 19.4. The normalized spacial score (nSPS) is 11.3. The predicted molar refractivity (Wildman–Crippen MR) is 158 cm³/mol. The third kappa shape index (κ3) is 7.57. The van der Waals surface area contributed by atoms with Gasteiger partial charge in [0.25, 0.3) is 0 Å². The molecule has 10 nitrogen and oxygen atoms in total. The summed E-state index contributed by atoms with van der Waals surface area (Å²) >= 11 is 0. The number of nitrogens with one attached hydrogen (secondary N) is 4. The van der Waals surface area contributed by atoms with Gasteiger partial charge in [-0.15, -0.1) is 0 Å². The Labute approximate surface area is 245 Å². The van der Waals surface area contributed by atoms with Gasteiger partial charge in [-0.25, -0.2) is 14.8 Å². The fraction of sp³-hybridized carbons (Fsp3) is 0.200. The van der Waals surface area contributed by atoms with E-state index in [4.69, 9.17) is 9.72 Å². The highest BCUT2D eigenvalue weighted by Crippen LogP contribution is 2.35. The Bertz CT molecular complexity index is 1690. The van der Waals surface area contributed by atoms with Crippen molar-refractivity contribution in [2.75, 3.05) is 36.1 Å². The largest absolute Gasteiger partial charge is 0.491 e. The van der Waals surface area contributed by atoms with Crippen LogP contribution in [0.2, 0.25) is 0 Å². The van der Waals surface area contributed by atoms with E-state index >= 15 is 0 Å². The number of fused-ring (bicyclic) bond motifs is 1. The van der Waals surface area contributed by atoms with Crippen LogP contribution in [0, 0.1) is 0 Å². The molecule has 5 rings (SSSR count). The van der Waals surface area contributed by atoms with Gasteiger partial charge in [-0.05, 0) is 68.0 Å². The number of rotatable bonds is 11. The topological polar surface area (TPSA) is 118 Å². The van der Waals surface area contributed by atoms with E-state index in [-0.39, 0.29) is 18.0 Å². The summed E-state index contributed by atoms with van der Waals surface area (Å²) in [6, 6.07) is 13.0. The number of halogens is 3. The van der Waals surface area contributed by atoms with Crippen molar-refractivity contribution in [1.29, 1.82) is 0 Å². The van der Waals surface area contributed by atoms with Crippen LogP contribution in [0.25, 0.3) is 16.9 Å². The minimum absolute atomic E-state index is 0.0925. The average molecular weight is 591 g/mol. The fourth-order valence-corrected chi connectivity index (χ4v) is 4.28. The van der Waals surface area contributed by atoms with Crippen molar-refractivity contribution in [3.05, 3.63) is 96.7 Å². The first-order valence-electron chi connectivity index (χ1n) is 13.4. The first-order chi connectivity index (χ1) is 20.8. The summed E-state index contributed by atoms with van der Waals surface area (Å²) in [5, 5.41) is 11.5. The molecule has 0 unspecified atom stereocenters. The first-order valence-corrected chi connectivity index (χ1v) is 13.4. The van der Waals surface area contributed by atoms with Crippen molar-refractivity contribution in [1.82, 2.24) is 24.7 Å². The van der Waals surface area contributed by atoms with Crippen LogP contribution in [-0.4, -0.2) is 45.6 Å². The second kappa shape index (κ2) is 13.2. The molecule has 0 bridgehead atoms. The van der Waals surface area contributed by atoms with Gasteiger partial charge in [-0.1, -0.05) is 12.1 Å². The highest BCUT2D eigenvalue weighted by Gasteiger charge is 2.31. The number of imidazole rings is 1. The summed E-state index contributed by atoms with van der Waals surface area (Å²) in [5.41, 5.74) is 2.41. The van der Waals surface area contributed by atoms with Crippen molar-refractivity contribution in [2.24, 2.45) is 0 Å². The smallest absolute Gasteiger partial charge is 0.416 e. The maximum absolute atomic E-state index is 13.4. The van der Waals surface area contributed by atoms with E-state index in [0.29, 0.717) is 47.9 Å². The van der Waals surface area contributed by atoms with Gasteiger partial charge in [0, 0.05) is 48.8 Å². The van der Waals surface area contributed by atoms with Gasteiger partial charge in [-0.2, -0.15) is 13.2 Å². The Morgan fingerprint density at radius 2 is 1.86 bits per heavy atom. The summed E-state index contributed by atoms with van der Waals surface area (Å²) in [4.78, 5) is 26.1. The van der Waals surface area contributed by atoms with Crippen molar-refractivity contribution in [3.63, 3.8) is 0 Å². The lowest BCUT2D eigenvalue weighted by molar-refractivity contribution is -0.137. The minimum atomic E-state index is -4.58. The van der Waals surface area contributed by atoms with Crippen LogP contribution in [0.4, 0.5) is 35.2 Å². The second-order valence-corrected chi connectivity index (χ2v) is 9.52. The molecular formula is C30H29F3N8O2. The molecule has 3 aromatic heterocycles. The molecule has 222 valence electrons. The van der Waals surface area contributed by atoms with Crippen LogP contribution >= 0.6 is 0 Å². The van der Waals surface area contributed by atoms with Crippen LogP contribution in [0.1, 0.15) is 17.5 Å². The number of ether oxygens (including phenoxy) is 1. The lowest BCUT2D eigenvalue weighted by Crippen LogP contribution is -2.21. The molecule has 0 aliphatic carbocycles. The highest BCUT2D eigenvalue weighted by molar-refractivity contribution is 6.01. The van der Waals surface area contributed by atoms with Crippen LogP contribution < -0.4 is 26.0 Å². The van der Waals surface area contributed by atoms with Crippen molar-refractivity contribution in [2.45, 2.75) is 19.1 Å². The van der Waals surface area contributed by atoms with Crippen LogP contribution in [-0.2, 0) is 12.7 Å². The van der Waals surface area contributed by atoms with E-state index in [1.807, 2.05) is 28.8 Å². The molecule has 0 aliphatic rings. The predicted octanol–water partition coefficient (Wildman–Crippen LogP) is 6.05. The SMILES string of the molecule is CNCCCOc1ccc(C(F)(F)F)cc1NC(=O)Nc1cccc(-c2cn3ccnc3c(NCc3ccncc3)n2)c1. The lowest BCUT2D eigenvalue weighted by atomic mass is 10.1. The number of carbonyl (C=O) groups is 1. The number of urea groups is 1. The van der Waals surface area contributed by atoms with Gasteiger partial charge < -0.3 is 30.4 Å². The first kappa shape index (κ1) is 29.3.